The summed E-state index contributed by atoms with van der Waals surface area (Å²) in [6.07, 6.45) is 0.0517. The number of carbonyl (C=O) groups is 2. The first kappa shape index (κ1) is 20.6. The van der Waals surface area contributed by atoms with E-state index in [0.717, 1.165) is 5.56 Å². The maximum absolute atomic E-state index is 12.8. The third-order valence-corrected chi connectivity index (χ3v) is 5.12. The van der Waals surface area contributed by atoms with Crippen molar-refractivity contribution in [2.24, 2.45) is 0 Å². The number of hydrogen-bond acceptors (Lipinski definition) is 4. The van der Waals surface area contributed by atoms with Crippen LogP contribution in [0.15, 0.2) is 77.2 Å². The summed E-state index contributed by atoms with van der Waals surface area (Å²) in [5, 5.41) is 6.15. The van der Waals surface area contributed by atoms with Gasteiger partial charge in [0.05, 0.1) is 23.0 Å². The lowest BCUT2D eigenvalue weighted by molar-refractivity contribution is -0.116. The Bertz CT molecular complexity index is 1240. The van der Waals surface area contributed by atoms with Crippen LogP contribution in [-0.4, -0.2) is 16.8 Å². The molecule has 1 aromatic heterocycles. The number of carbonyl (C=O) groups excluding carboxylic acids is 2. The number of nitrogens with zero attached hydrogens (tertiary/aromatic N) is 1. The fourth-order valence-corrected chi connectivity index (χ4v) is 3.56. The van der Waals surface area contributed by atoms with Gasteiger partial charge in [0, 0.05) is 12.6 Å². The van der Waals surface area contributed by atoms with E-state index in [1.54, 1.807) is 49.4 Å². The quantitative estimate of drug-likeness (QED) is 0.432. The van der Waals surface area contributed by atoms with E-state index in [2.05, 4.69) is 15.6 Å². The first-order valence-electron chi connectivity index (χ1n) is 9.77. The molecule has 0 aliphatic rings. The zero-order valence-electron chi connectivity index (χ0n) is 16.8. The molecule has 0 aliphatic carbocycles. The minimum atomic E-state index is -0.525. The van der Waals surface area contributed by atoms with Crippen molar-refractivity contribution < 1.29 is 14.0 Å². The van der Waals surface area contributed by atoms with Crippen molar-refractivity contribution in [3.8, 4) is 0 Å². The molecule has 1 atom stereocenters. The van der Waals surface area contributed by atoms with Gasteiger partial charge in [-0.25, -0.2) is 4.98 Å². The number of rotatable bonds is 6. The third kappa shape index (κ3) is 4.92. The number of aromatic nitrogens is 1. The van der Waals surface area contributed by atoms with Crippen LogP contribution in [0.4, 0.5) is 5.69 Å². The number of oxazole rings is 1. The van der Waals surface area contributed by atoms with Gasteiger partial charge in [-0.05, 0) is 35.9 Å². The molecule has 3 aromatic carbocycles. The molecule has 0 spiro atoms. The van der Waals surface area contributed by atoms with Gasteiger partial charge < -0.3 is 15.1 Å². The average molecular weight is 434 g/mol. The van der Waals surface area contributed by atoms with Crippen LogP contribution in [0, 0.1) is 6.92 Å². The van der Waals surface area contributed by atoms with E-state index in [9.17, 15) is 9.59 Å². The molecule has 0 fully saturated rings. The molecule has 0 bridgehead atoms. The van der Waals surface area contributed by atoms with Crippen molar-refractivity contribution in [2.75, 3.05) is 5.32 Å². The molecule has 7 heteroatoms. The van der Waals surface area contributed by atoms with Gasteiger partial charge in [0.25, 0.3) is 5.91 Å². The van der Waals surface area contributed by atoms with Crippen LogP contribution in [0.2, 0.25) is 5.02 Å². The Morgan fingerprint density at radius 2 is 1.77 bits per heavy atom. The number of fused-ring (bicyclic) bond motifs is 1. The molecule has 0 saturated carbocycles. The molecule has 0 unspecified atom stereocenters. The van der Waals surface area contributed by atoms with Gasteiger partial charge in [0.15, 0.2) is 11.5 Å². The molecule has 0 radical (unpaired) electrons. The predicted octanol–water partition coefficient (Wildman–Crippen LogP) is 5.29. The van der Waals surface area contributed by atoms with Gasteiger partial charge in [0.1, 0.15) is 5.52 Å². The molecule has 0 saturated heterocycles. The first-order valence-corrected chi connectivity index (χ1v) is 10.1. The van der Waals surface area contributed by atoms with Crippen LogP contribution >= 0.6 is 11.6 Å². The summed E-state index contributed by atoms with van der Waals surface area (Å²) in [4.78, 5) is 29.9. The van der Waals surface area contributed by atoms with Gasteiger partial charge in [-0.2, -0.15) is 0 Å². The number of benzene rings is 3. The SMILES string of the molecule is Cc1nc2cc(NC(=O)C[C@H](NC(=O)c3ccccc3Cl)c3ccccc3)ccc2o1. The van der Waals surface area contributed by atoms with Gasteiger partial charge in [-0.15, -0.1) is 0 Å². The summed E-state index contributed by atoms with van der Waals surface area (Å²) in [6, 6.07) is 20.9. The molecule has 2 N–H and O–H groups in total. The Hall–Kier alpha value is -3.64. The molecule has 4 aromatic rings. The second-order valence-corrected chi connectivity index (χ2v) is 7.49. The monoisotopic (exact) mass is 433 g/mol. The summed E-state index contributed by atoms with van der Waals surface area (Å²) >= 11 is 6.16. The minimum Gasteiger partial charge on any atom is -0.441 e. The van der Waals surface area contributed by atoms with Gasteiger partial charge in [-0.3, -0.25) is 9.59 Å². The average Bonchev–Trinajstić information content (AvgIpc) is 3.13. The maximum Gasteiger partial charge on any atom is 0.253 e. The van der Waals surface area contributed by atoms with E-state index in [0.29, 0.717) is 33.3 Å². The summed E-state index contributed by atoms with van der Waals surface area (Å²) in [7, 11) is 0. The second kappa shape index (κ2) is 9.02. The van der Waals surface area contributed by atoms with E-state index in [-0.39, 0.29) is 18.2 Å². The van der Waals surface area contributed by atoms with Crippen molar-refractivity contribution in [2.45, 2.75) is 19.4 Å². The number of hydrogen-bond donors (Lipinski definition) is 2. The van der Waals surface area contributed by atoms with Crippen LogP contribution in [0.25, 0.3) is 11.1 Å². The van der Waals surface area contributed by atoms with E-state index in [1.165, 1.54) is 0 Å². The van der Waals surface area contributed by atoms with Gasteiger partial charge in [0.2, 0.25) is 5.91 Å². The first-order chi connectivity index (χ1) is 15.0. The summed E-state index contributed by atoms with van der Waals surface area (Å²) in [6.45, 7) is 1.77. The van der Waals surface area contributed by atoms with Crippen molar-refractivity contribution in [3.05, 3.63) is 94.8 Å². The number of anilines is 1. The zero-order valence-corrected chi connectivity index (χ0v) is 17.5. The molecular formula is C24H20ClN3O3. The van der Waals surface area contributed by atoms with Crippen LogP contribution in [0.3, 0.4) is 0 Å². The van der Waals surface area contributed by atoms with Crippen LogP contribution in [-0.2, 0) is 4.79 Å². The number of nitrogens with one attached hydrogen (secondary N) is 2. The van der Waals surface area contributed by atoms with Crippen molar-refractivity contribution in [3.63, 3.8) is 0 Å². The fraction of sp³-hybridized carbons (Fsp3) is 0.125. The van der Waals surface area contributed by atoms with Gasteiger partial charge >= 0.3 is 0 Å². The summed E-state index contributed by atoms with van der Waals surface area (Å²) < 4.78 is 5.46. The van der Waals surface area contributed by atoms with Crippen molar-refractivity contribution in [1.82, 2.24) is 10.3 Å². The maximum atomic E-state index is 12.8. The zero-order chi connectivity index (χ0) is 21.8. The predicted molar refractivity (Wildman–Crippen MR) is 120 cm³/mol. The van der Waals surface area contributed by atoms with Crippen LogP contribution < -0.4 is 10.6 Å². The highest BCUT2D eigenvalue weighted by atomic mass is 35.5. The lowest BCUT2D eigenvalue weighted by Crippen LogP contribution is -2.31. The standard InChI is InChI=1S/C24H20ClN3O3/c1-15-26-21-13-17(11-12-22(21)31-15)27-23(29)14-20(16-7-3-2-4-8-16)28-24(30)18-9-5-6-10-19(18)25/h2-13,20H,14H2,1H3,(H,27,29)(H,28,30)/t20-/m0/s1. The minimum absolute atomic E-state index is 0.0517. The van der Waals surface area contributed by atoms with E-state index >= 15 is 0 Å². The smallest absolute Gasteiger partial charge is 0.253 e. The highest BCUT2D eigenvalue weighted by Crippen LogP contribution is 2.23. The molecule has 6 nitrogen and oxygen atoms in total. The Morgan fingerprint density at radius 3 is 2.55 bits per heavy atom. The number of amides is 2. The Kier molecular flexibility index (Phi) is 6.00. The molecule has 0 aliphatic heterocycles. The second-order valence-electron chi connectivity index (χ2n) is 7.08. The molecule has 1 heterocycles. The third-order valence-electron chi connectivity index (χ3n) is 4.79. The van der Waals surface area contributed by atoms with Gasteiger partial charge in [-0.1, -0.05) is 54.1 Å². The van der Waals surface area contributed by atoms with Crippen LogP contribution in [0.1, 0.15) is 34.3 Å². The molecule has 2 amide bonds. The Labute approximate surface area is 184 Å². The molecule has 4 rings (SSSR count). The molecule has 31 heavy (non-hydrogen) atoms. The lowest BCUT2D eigenvalue weighted by Gasteiger charge is -2.19. The highest BCUT2D eigenvalue weighted by Gasteiger charge is 2.20. The molecular weight excluding hydrogens is 414 g/mol. The Balaban J connectivity index is 1.51. The number of halogens is 1. The highest BCUT2D eigenvalue weighted by molar-refractivity contribution is 6.33. The largest absolute Gasteiger partial charge is 0.441 e. The Morgan fingerprint density at radius 1 is 1.03 bits per heavy atom. The summed E-state index contributed by atoms with van der Waals surface area (Å²) in [5.41, 5.74) is 3.11. The van der Waals surface area contributed by atoms with E-state index in [1.807, 2.05) is 30.3 Å². The van der Waals surface area contributed by atoms with Crippen molar-refractivity contribution in [1.29, 1.82) is 0 Å². The number of aryl methyl sites for hydroxylation is 1. The van der Waals surface area contributed by atoms with E-state index in [4.69, 9.17) is 16.0 Å². The topological polar surface area (TPSA) is 84.2 Å². The van der Waals surface area contributed by atoms with Crippen molar-refractivity contribution >= 4 is 40.2 Å². The normalized spacial score (nSPS) is 11.8. The van der Waals surface area contributed by atoms with Crippen LogP contribution in [0.5, 0.6) is 0 Å². The fourth-order valence-electron chi connectivity index (χ4n) is 3.34. The lowest BCUT2D eigenvalue weighted by atomic mass is 10.0. The molecule has 156 valence electrons. The van der Waals surface area contributed by atoms with E-state index < -0.39 is 6.04 Å². The summed E-state index contributed by atoms with van der Waals surface area (Å²) in [5.74, 6) is -0.0236.